The summed E-state index contributed by atoms with van der Waals surface area (Å²) < 4.78 is 2.45. The van der Waals surface area contributed by atoms with E-state index in [2.05, 4.69) is 313 Å². The molecule has 0 bridgehead atoms. The van der Waals surface area contributed by atoms with Crippen LogP contribution in [0.25, 0.3) is 105 Å². The Balaban J connectivity index is 0.875. The molecule has 0 aliphatic carbocycles. The Labute approximate surface area is 433 Å². The van der Waals surface area contributed by atoms with E-state index in [0.29, 0.717) is 0 Å². The Morgan fingerprint density at radius 3 is 1.22 bits per heavy atom. The highest BCUT2D eigenvalue weighted by atomic mass is 15.1. The topological polar surface area (TPSA) is 8.17 Å². The van der Waals surface area contributed by atoms with Gasteiger partial charge in [-0.1, -0.05) is 218 Å². The van der Waals surface area contributed by atoms with E-state index in [-0.39, 0.29) is 0 Å². The lowest BCUT2D eigenvalue weighted by atomic mass is 9.93. The standard InChI is InChI=1S/C72H50N2/c1-5-20-51(21-6-1)55-26-17-28-57(44-55)59-30-19-33-65(47-59)73(63-31-11-4-12-32-63)64-41-38-54(39-42-64)67-34-13-14-35-68(67)60-40-43-72-70(50-60)69-36-15-16-37-71(69)74(72)66-48-61(53-24-9-3-10-25-53)46-62(49-66)58-29-18-27-56(45-58)52-22-7-2-8-23-52/h1-50H. The highest BCUT2D eigenvalue weighted by Crippen LogP contribution is 2.42. The number of aromatic nitrogens is 1. The van der Waals surface area contributed by atoms with E-state index in [1.807, 2.05) is 0 Å². The molecule has 0 atom stereocenters. The Hall–Kier alpha value is -9.76. The van der Waals surface area contributed by atoms with E-state index < -0.39 is 0 Å². The molecule has 74 heavy (non-hydrogen) atoms. The number of fused-ring (bicyclic) bond motifs is 3. The molecule has 0 aliphatic rings. The molecule has 348 valence electrons. The van der Waals surface area contributed by atoms with Crippen LogP contribution in [0.5, 0.6) is 0 Å². The van der Waals surface area contributed by atoms with E-state index in [9.17, 15) is 0 Å². The monoisotopic (exact) mass is 942 g/mol. The molecule has 12 aromatic carbocycles. The van der Waals surface area contributed by atoms with Gasteiger partial charge in [0, 0.05) is 33.5 Å². The molecule has 0 radical (unpaired) electrons. The predicted octanol–water partition coefficient (Wildman–Crippen LogP) is 19.9. The minimum atomic E-state index is 1.09. The molecule has 2 nitrogen and oxygen atoms in total. The van der Waals surface area contributed by atoms with Gasteiger partial charge in [0.1, 0.15) is 0 Å². The van der Waals surface area contributed by atoms with Gasteiger partial charge in [-0.2, -0.15) is 0 Å². The fourth-order valence-electron chi connectivity index (χ4n) is 10.8. The summed E-state index contributed by atoms with van der Waals surface area (Å²) in [5.74, 6) is 0. The van der Waals surface area contributed by atoms with Crippen LogP contribution in [0.15, 0.2) is 303 Å². The molecule has 0 amide bonds. The molecule has 1 aromatic heterocycles. The average Bonchev–Trinajstić information content (AvgIpc) is 3.82. The maximum Gasteiger partial charge on any atom is 0.0541 e. The highest BCUT2D eigenvalue weighted by molar-refractivity contribution is 6.11. The smallest absolute Gasteiger partial charge is 0.0541 e. The molecule has 0 spiro atoms. The quantitative estimate of drug-likeness (QED) is 0.125. The second kappa shape index (κ2) is 19.4. The van der Waals surface area contributed by atoms with Crippen molar-refractivity contribution in [3.8, 4) is 83.6 Å². The van der Waals surface area contributed by atoms with Crippen molar-refractivity contribution in [2.45, 2.75) is 0 Å². The number of hydrogen-bond donors (Lipinski definition) is 0. The van der Waals surface area contributed by atoms with Crippen LogP contribution in [0.1, 0.15) is 0 Å². The summed E-state index contributed by atoms with van der Waals surface area (Å²) in [6, 6.07) is 110. The van der Waals surface area contributed by atoms with Gasteiger partial charge in [0.25, 0.3) is 0 Å². The molecule has 0 saturated carbocycles. The second-order valence-corrected chi connectivity index (χ2v) is 18.9. The SMILES string of the molecule is c1ccc(-c2cccc(-c3cccc(N(c4ccccc4)c4ccc(-c5ccccc5-c5ccc6c(c5)c5ccccc5n6-c5cc(-c6ccccc6)cc(-c6cccc(-c7ccccc7)c6)c5)cc4)c3)c2)cc1. The van der Waals surface area contributed by atoms with Gasteiger partial charge >= 0.3 is 0 Å². The summed E-state index contributed by atoms with van der Waals surface area (Å²) in [6.45, 7) is 0. The predicted molar refractivity (Wildman–Crippen MR) is 314 cm³/mol. The normalized spacial score (nSPS) is 11.2. The lowest BCUT2D eigenvalue weighted by molar-refractivity contribution is 1.18. The van der Waals surface area contributed by atoms with E-state index in [4.69, 9.17) is 0 Å². The average molecular weight is 943 g/mol. The molecule has 13 aromatic rings. The zero-order chi connectivity index (χ0) is 49.2. The first-order valence-electron chi connectivity index (χ1n) is 25.4. The van der Waals surface area contributed by atoms with Crippen molar-refractivity contribution in [3.63, 3.8) is 0 Å². The molecular formula is C72H50N2. The molecular weight excluding hydrogens is 893 g/mol. The van der Waals surface area contributed by atoms with Crippen LogP contribution in [0.3, 0.4) is 0 Å². The first-order valence-corrected chi connectivity index (χ1v) is 25.4. The minimum Gasteiger partial charge on any atom is -0.310 e. The van der Waals surface area contributed by atoms with Crippen molar-refractivity contribution < 1.29 is 0 Å². The van der Waals surface area contributed by atoms with Gasteiger partial charge in [0.2, 0.25) is 0 Å². The third-order valence-electron chi connectivity index (χ3n) is 14.4. The maximum absolute atomic E-state index is 2.45. The first kappa shape index (κ1) is 44.2. The van der Waals surface area contributed by atoms with Gasteiger partial charge in [-0.25, -0.2) is 0 Å². The van der Waals surface area contributed by atoms with Gasteiger partial charge in [-0.3, -0.25) is 0 Å². The minimum absolute atomic E-state index is 1.09. The van der Waals surface area contributed by atoms with Gasteiger partial charge < -0.3 is 9.47 Å². The van der Waals surface area contributed by atoms with Crippen molar-refractivity contribution in [1.82, 2.24) is 4.57 Å². The molecule has 1 heterocycles. The molecule has 0 aliphatic heterocycles. The van der Waals surface area contributed by atoms with E-state index in [1.165, 1.54) is 94.1 Å². The third-order valence-corrected chi connectivity index (χ3v) is 14.4. The summed E-state index contributed by atoms with van der Waals surface area (Å²) in [4.78, 5) is 2.35. The van der Waals surface area contributed by atoms with Crippen molar-refractivity contribution >= 4 is 38.9 Å². The van der Waals surface area contributed by atoms with Gasteiger partial charge in [0.15, 0.2) is 0 Å². The molecule has 2 heteroatoms. The van der Waals surface area contributed by atoms with Crippen molar-refractivity contribution in [1.29, 1.82) is 0 Å². The number of nitrogens with zero attached hydrogens (tertiary/aromatic N) is 2. The van der Waals surface area contributed by atoms with Crippen molar-refractivity contribution in [2.24, 2.45) is 0 Å². The number of rotatable bonds is 11. The largest absolute Gasteiger partial charge is 0.310 e. The number of para-hydroxylation sites is 2. The molecule has 0 saturated heterocycles. The number of anilines is 3. The summed E-state index contributed by atoms with van der Waals surface area (Å²) in [7, 11) is 0. The van der Waals surface area contributed by atoms with Crippen LogP contribution < -0.4 is 4.90 Å². The van der Waals surface area contributed by atoms with Gasteiger partial charge in [-0.05, 0) is 163 Å². The van der Waals surface area contributed by atoms with Crippen molar-refractivity contribution in [3.05, 3.63) is 303 Å². The van der Waals surface area contributed by atoms with E-state index in [0.717, 1.165) is 28.3 Å². The maximum atomic E-state index is 2.45. The Morgan fingerprint density at radius 1 is 0.203 bits per heavy atom. The van der Waals surface area contributed by atoms with Gasteiger partial charge in [0.05, 0.1) is 11.0 Å². The highest BCUT2D eigenvalue weighted by Gasteiger charge is 2.19. The van der Waals surface area contributed by atoms with Crippen LogP contribution in [0, 0.1) is 0 Å². The second-order valence-electron chi connectivity index (χ2n) is 18.9. The molecule has 13 rings (SSSR count). The zero-order valence-electron chi connectivity index (χ0n) is 40.8. The Kier molecular flexibility index (Phi) is 11.6. The molecule has 0 N–H and O–H groups in total. The summed E-state index contributed by atoms with van der Waals surface area (Å²) in [5.41, 5.74) is 23.4. The summed E-state index contributed by atoms with van der Waals surface area (Å²) in [6.07, 6.45) is 0. The Morgan fingerprint density at radius 2 is 0.595 bits per heavy atom. The number of hydrogen-bond acceptors (Lipinski definition) is 1. The van der Waals surface area contributed by atoms with Crippen LogP contribution in [-0.4, -0.2) is 4.57 Å². The molecule has 0 fully saturated rings. The Bertz CT molecular complexity index is 4100. The number of benzene rings is 12. The fraction of sp³-hybridized carbons (Fsp3) is 0. The first-order chi connectivity index (χ1) is 36.7. The van der Waals surface area contributed by atoms with Crippen LogP contribution in [-0.2, 0) is 0 Å². The van der Waals surface area contributed by atoms with E-state index >= 15 is 0 Å². The van der Waals surface area contributed by atoms with Crippen LogP contribution in [0.4, 0.5) is 17.1 Å². The third kappa shape index (κ3) is 8.55. The molecule has 0 unspecified atom stereocenters. The van der Waals surface area contributed by atoms with Crippen LogP contribution >= 0.6 is 0 Å². The van der Waals surface area contributed by atoms with Gasteiger partial charge in [-0.15, -0.1) is 0 Å². The summed E-state index contributed by atoms with van der Waals surface area (Å²) in [5, 5.41) is 2.44. The summed E-state index contributed by atoms with van der Waals surface area (Å²) >= 11 is 0. The zero-order valence-corrected chi connectivity index (χ0v) is 40.8. The van der Waals surface area contributed by atoms with E-state index in [1.54, 1.807) is 0 Å². The lowest BCUT2D eigenvalue weighted by Crippen LogP contribution is -2.09. The fourth-order valence-corrected chi connectivity index (χ4v) is 10.8. The van der Waals surface area contributed by atoms with Crippen LogP contribution in [0.2, 0.25) is 0 Å². The lowest BCUT2D eigenvalue weighted by Gasteiger charge is -2.26. The van der Waals surface area contributed by atoms with Crippen molar-refractivity contribution in [2.75, 3.05) is 4.90 Å².